The molecule has 0 bridgehead atoms. The molecule has 0 saturated carbocycles. The van der Waals surface area contributed by atoms with Gasteiger partial charge in [0, 0.05) is 69.6 Å². The summed E-state index contributed by atoms with van der Waals surface area (Å²) in [5.74, 6) is 0. The topological polar surface area (TPSA) is 14.8 Å². The molecule has 0 unspecified atom stereocenters. The standard InChI is InChI=1S/C48H29N3S/c1-2-12-30(13-3-1)49-40-18-8-6-16-35(40)36-24-22-32(29-45(36)49)51-43-21-11-7-17-38(43)47-44(51)26-25-37-39-28-31(23-27-46(39)52-48(37)47)50-41-19-9-4-14-33(41)34-15-5-10-20-42(34)50/h1-29H. The third kappa shape index (κ3) is 3.74. The zero-order valence-corrected chi connectivity index (χ0v) is 28.8. The molecule has 12 rings (SSSR count). The summed E-state index contributed by atoms with van der Waals surface area (Å²) in [6, 6.07) is 64.5. The fourth-order valence-corrected chi connectivity index (χ4v) is 10.1. The molecule has 0 amide bonds. The maximum absolute atomic E-state index is 2.46. The van der Waals surface area contributed by atoms with Crippen molar-refractivity contribution in [3.8, 4) is 17.1 Å². The lowest BCUT2D eigenvalue weighted by atomic mass is 10.1. The first-order chi connectivity index (χ1) is 25.8. The molecule has 8 aromatic carbocycles. The molecule has 0 aliphatic carbocycles. The van der Waals surface area contributed by atoms with Crippen molar-refractivity contribution < 1.29 is 0 Å². The first kappa shape index (κ1) is 28.1. The zero-order chi connectivity index (χ0) is 33.9. The van der Waals surface area contributed by atoms with Crippen molar-refractivity contribution in [3.05, 3.63) is 176 Å². The second-order valence-corrected chi connectivity index (χ2v) is 14.8. The molecular weight excluding hydrogens is 651 g/mol. The van der Waals surface area contributed by atoms with E-state index >= 15 is 0 Å². The molecule has 4 aromatic heterocycles. The summed E-state index contributed by atoms with van der Waals surface area (Å²) in [5, 5.41) is 10.3. The van der Waals surface area contributed by atoms with Crippen LogP contribution in [0, 0.1) is 0 Å². The lowest BCUT2D eigenvalue weighted by Crippen LogP contribution is -1.96. The van der Waals surface area contributed by atoms with Gasteiger partial charge in [0.15, 0.2) is 0 Å². The van der Waals surface area contributed by atoms with Crippen LogP contribution in [-0.2, 0) is 0 Å². The number of rotatable bonds is 3. The van der Waals surface area contributed by atoms with E-state index in [1.807, 2.05) is 11.3 Å². The average Bonchev–Trinajstić information content (AvgIpc) is 3.94. The number of hydrogen-bond donors (Lipinski definition) is 0. The predicted molar refractivity (Wildman–Crippen MR) is 222 cm³/mol. The van der Waals surface area contributed by atoms with Gasteiger partial charge in [0.1, 0.15) is 0 Å². The Balaban J connectivity index is 1.12. The first-order valence-corrected chi connectivity index (χ1v) is 18.6. The van der Waals surface area contributed by atoms with E-state index in [0.717, 1.165) is 5.69 Å². The van der Waals surface area contributed by atoms with Gasteiger partial charge in [0.05, 0.1) is 33.1 Å². The summed E-state index contributed by atoms with van der Waals surface area (Å²) >= 11 is 1.91. The Morgan fingerprint density at radius 1 is 0.288 bits per heavy atom. The van der Waals surface area contributed by atoms with Crippen LogP contribution in [-0.4, -0.2) is 13.7 Å². The summed E-state index contributed by atoms with van der Waals surface area (Å²) in [4.78, 5) is 0. The molecule has 12 aromatic rings. The van der Waals surface area contributed by atoms with E-state index in [9.17, 15) is 0 Å². The van der Waals surface area contributed by atoms with Crippen molar-refractivity contribution in [1.82, 2.24) is 13.7 Å². The number of benzene rings is 8. The molecule has 0 radical (unpaired) electrons. The fraction of sp³-hybridized carbons (Fsp3) is 0. The van der Waals surface area contributed by atoms with Crippen molar-refractivity contribution in [2.24, 2.45) is 0 Å². The van der Waals surface area contributed by atoms with Crippen LogP contribution in [0.15, 0.2) is 176 Å². The maximum atomic E-state index is 2.46. The molecule has 0 aliphatic heterocycles. The maximum Gasteiger partial charge on any atom is 0.0561 e. The lowest BCUT2D eigenvalue weighted by Gasteiger charge is -2.11. The van der Waals surface area contributed by atoms with Crippen molar-refractivity contribution >= 4 is 96.9 Å². The van der Waals surface area contributed by atoms with E-state index in [-0.39, 0.29) is 0 Å². The average molecular weight is 680 g/mol. The quantitative estimate of drug-likeness (QED) is 0.177. The first-order valence-electron chi connectivity index (χ1n) is 17.8. The van der Waals surface area contributed by atoms with E-state index in [0.29, 0.717) is 0 Å². The Morgan fingerprint density at radius 3 is 1.44 bits per heavy atom. The SMILES string of the molecule is c1ccc(-n2c3ccccc3c3ccc(-n4c5ccccc5c5c6sc7ccc(-n8c9ccccc9c9ccccc98)cc7c6ccc54)cc32)cc1. The van der Waals surface area contributed by atoms with E-state index in [4.69, 9.17) is 0 Å². The molecule has 0 atom stereocenters. The Labute approximate surface area is 302 Å². The van der Waals surface area contributed by atoms with E-state index in [1.54, 1.807) is 0 Å². The minimum absolute atomic E-state index is 1.16. The van der Waals surface area contributed by atoms with Gasteiger partial charge in [-0.25, -0.2) is 0 Å². The molecule has 0 saturated heterocycles. The highest BCUT2D eigenvalue weighted by Gasteiger charge is 2.20. The zero-order valence-electron chi connectivity index (χ0n) is 28.0. The molecule has 0 fully saturated rings. The van der Waals surface area contributed by atoms with Crippen molar-refractivity contribution in [2.75, 3.05) is 0 Å². The number of fused-ring (bicyclic) bond motifs is 13. The van der Waals surface area contributed by atoms with Crippen LogP contribution in [0.5, 0.6) is 0 Å². The minimum atomic E-state index is 1.16. The summed E-state index contributed by atoms with van der Waals surface area (Å²) in [6.45, 7) is 0. The minimum Gasteiger partial charge on any atom is -0.309 e. The number of thiophene rings is 1. The number of hydrogen-bond acceptors (Lipinski definition) is 1. The number of nitrogens with zero attached hydrogens (tertiary/aromatic N) is 3. The van der Waals surface area contributed by atoms with Crippen molar-refractivity contribution in [2.45, 2.75) is 0 Å². The second kappa shape index (κ2) is 10.5. The highest BCUT2D eigenvalue weighted by molar-refractivity contribution is 7.26. The van der Waals surface area contributed by atoms with Crippen LogP contribution < -0.4 is 0 Å². The van der Waals surface area contributed by atoms with Gasteiger partial charge in [-0.15, -0.1) is 11.3 Å². The Kier molecular flexibility index (Phi) is 5.65. The normalized spacial score (nSPS) is 12.2. The number of aromatic nitrogens is 3. The predicted octanol–water partition coefficient (Wildman–Crippen LogP) is 13.3. The van der Waals surface area contributed by atoms with Gasteiger partial charge in [0.2, 0.25) is 0 Å². The molecule has 0 aliphatic rings. The van der Waals surface area contributed by atoms with Crippen molar-refractivity contribution in [1.29, 1.82) is 0 Å². The van der Waals surface area contributed by atoms with Gasteiger partial charge < -0.3 is 13.7 Å². The van der Waals surface area contributed by atoms with E-state index in [2.05, 4.69) is 190 Å². The van der Waals surface area contributed by atoms with Crippen LogP contribution in [0.4, 0.5) is 0 Å². The van der Waals surface area contributed by atoms with Gasteiger partial charge in [0.25, 0.3) is 0 Å². The lowest BCUT2D eigenvalue weighted by molar-refractivity contribution is 1.15. The van der Waals surface area contributed by atoms with Crippen LogP contribution in [0.25, 0.3) is 103 Å². The molecular formula is C48H29N3S. The van der Waals surface area contributed by atoms with Gasteiger partial charge >= 0.3 is 0 Å². The highest BCUT2D eigenvalue weighted by atomic mass is 32.1. The largest absolute Gasteiger partial charge is 0.309 e. The Bertz CT molecular complexity index is 3360. The summed E-state index contributed by atoms with van der Waals surface area (Å²) in [5.41, 5.74) is 10.8. The molecule has 3 nitrogen and oxygen atoms in total. The molecule has 0 N–H and O–H groups in total. The monoisotopic (exact) mass is 679 g/mol. The highest BCUT2D eigenvalue weighted by Crippen LogP contribution is 2.45. The van der Waals surface area contributed by atoms with Gasteiger partial charge in [-0.05, 0) is 72.8 Å². The van der Waals surface area contributed by atoms with Crippen LogP contribution in [0.1, 0.15) is 0 Å². The smallest absolute Gasteiger partial charge is 0.0561 e. The Hall–Kier alpha value is -6.62. The molecule has 0 spiro atoms. The van der Waals surface area contributed by atoms with E-state index < -0.39 is 0 Å². The third-order valence-electron chi connectivity index (χ3n) is 11.0. The van der Waals surface area contributed by atoms with Crippen molar-refractivity contribution in [3.63, 3.8) is 0 Å². The molecule has 242 valence electrons. The second-order valence-electron chi connectivity index (χ2n) is 13.7. The molecule has 52 heavy (non-hydrogen) atoms. The summed E-state index contributed by atoms with van der Waals surface area (Å²) in [6.07, 6.45) is 0. The summed E-state index contributed by atoms with van der Waals surface area (Å²) < 4.78 is 9.92. The molecule has 4 heteroatoms. The fourth-order valence-electron chi connectivity index (χ4n) is 8.85. The van der Waals surface area contributed by atoms with Crippen LogP contribution >= 0.6 is 11.3 Å². The molecule has 4 heterocycles. The van der Waals surface area contributed by atoms with Gasteiger partial charge in [-0.3, -0.25) is 0 Å². The van der Waals surface area contributed by atoms with E-state index in [1.165, 1.54) is 97.0 Å². The Morgan fingerprint density at radius 2 is 0.769 bits per heavy atom. The number of para-hydroxylation sites is 5. The van der Waals surface area contributed by atoms with Crippen LogP contribution in [0.2, 0.25) is 0 Å². The van der Waals surface area contributed by atoms with Crippen LogP contribution in [0.3, 0.4) is 0 Å². The van der Waals surface area contributed by atoms with Gasteiger partial charge in [-0.2, -0.15) is 0 Å². The van der Waals surface area contributed by atoms with Gasteiger partial charge in [-0.1, -0.05) is 103 Å². The third-order valence-corrected chi connectivity index (χ3v) is 12.2. The summed E-state index contributed by atoms with van der Waals surface area (Å²) in [7, 11) is 0.